The van der Waals surface area contributed by atoms with Crippen LogP contribution in [0.25, 0.3) is 11.0 Å². The molecule has 3 amide bonds. The molecule has 0 atom stereocenters. The van der Waals surface area contributed by atoms with E-state index in [1.54, 1.807) is 6.92 Å². The van der Waals surface area contributed by atoms with Crippen molar-refractivity contribution >= 4 is 52.0 Å². The number of hydrogen-bond acceptors (Lipinski definition) is 8. The van der Waals surface area contributed by atoms with Gasteiger partial charge in [-0.05, 0) is 26.0 Å². The first-order chi connectivity index (χ1) is 19.1. The van der Waals surface area contributed by atoms with E-state index in [-0.39, 0.29) is 53.5 Å². The molecule has 13 nitrogen and oxygen atoms in total. The fourth-order valence-electron chi connectivity index (χ4n) is 5.05. The average molecular weight is 573 g/mol. The van der Waals surface area contributed by atoms with E-state index in [2.05, 4.69) is 29.7 Å². The molecule has 0 radical (unpaired) electrons. The highest BCUT2D eigenvalue weighted by atomic mass is 35.5. The molecule has 0 bridgehead atoms. The lowest BCUT2D eigenvalue weighted by atomic mass is 10.0. The van der Waals surface area contributed by atoms with Gasteiger partial charge in [-0.2, -0.15) is 0 Å². The summed E-state index contributed by atoms with van der Waals surface area (Å²) in [7, 11) is 0. The zero-order valence-corrected chi connectivity index (χ0v) is 23.6. The second-order valence-electron chi connectivity index (χ2n) is 9.48. The Morgan fingerprint density at radius 2 is 1.85 bits per heavy atom. The number of hydrogen-bond donors (Lipinski definition) is 4. The van der Waals surface area contributed by atoms with Crippen LogP contribution >= 0.6 is 11.6 Å². The minimum absolute atomic E-state index is 0.0498. The van der Waals surface area contributed by atoms with Gasteiger partial charge in [0.15, 0.2) is 40.1 Å². The molecule has 14 heteroatoms. The van der Waals surface area contributed by atoms with Crippen LogP contribution in [0.2, 0.25) is 5.15 Å². The maximum Gasteiger partial charge on any atom is 0.277 e. The molecule has 40 heavy (non-hydrogen) atoms. The van der Waals surface area contributed by atoms with Crippen molar-refractivity contribution in [2.45, 2.75) is 52.7 Å². The van der Waals surface area contributed by atoms with Gasteiger partial charge in [0, 0.05) is 45.5 Å². The number of aryl methyl sites for hydroxylation is 1. The summed E-state index contributed by atoms with van der Waals surface area (Å²) < 4.78 is 10.1. The Labute approximate surface area is 236 Å². The summed E-state index contributed by atoms with van der Waals surface area (Å²) >= 11 is 5.98. The molecule has 3 heterocycles. The number of amides is 3. The number of anilines is 2. The summed E-state index contributed by atoms with van der Waals surface area (Å²) in [6.45, 7) is 7.92. The number of benzene rings is 1. The number of nitrogens with two attached hydrogens (primary N) is 2. The summed E-state index contributed by atoms with van der Waals surface area (Å²) in [5, 5.41) is 5.52. The molecule has 1 aliphatic rings. The van der Waals surface area contributed by atoms with Crippen molar-refractivity contribution in [3.8, 4) is 5.75 Å². The molecule has 1 fully saturated rings. The van der Waals surface area contributed by atoms with Crippen molar-refractivity contribution in [3.05, 3.63) is 34.9 Å². The molecule has 6 N–H and O–H groups in total. The Morgan fingerprint density at radius 1 is 1.12 bits per heavy atom. The molecular weight excluding hydrogens is 538 g/mol. The van der Waals surface area contributed by atoms with Crippen molar-refractivity contribution < 1.29 is 23.7 Å². The predicted octanol–water partition coefficient (Wildman–Crippen LogP) is 1.18. The molecule has 214 valence electrons. The summed E-state index contributed by atoms with van der Waals surface area (Å²) in [6, 6.07) is 5.74. The number of piperidine rings is 1. The minimum atomic E-state index is -0.538. The molecule has 1 saturated heterocycles. The number of likely N-dealkylation sites (N-methyl/N-ethyl adjacent to an activating group) is 1. The summed E-state index contributed by atoms with van der Waals surface area (Å²) in [5.41, 5.74) is 13.3. The molecule has 0 aliphatic carbocycles. The van der Waals surface area contributed by atoms with Gasteiger partial charge in [0.2, 0.25) is 5.91 Å². The van der Waals surface area contributed by atoms with Gasteiger partial charge >= 0.3 is 0 Å². The van der Waals surface area contributed by atoms with Crippen LogP contribution in [0, 0.1) is 0 Å². The van der Waals surface area contributed by atoms with Crippen LogP contribution in [-0.2, 0) is 22.7 Å². The van der Waals surface area contributed by atoms with Crippen LogP contribution in [0.5, 0.6) is 5.75 Å². The SMILES string of the molecule is CCNC(=O)COc1ccc2c(c1)n(C1CCN(C(C)=O)CC1)c(CNC(=O)c1nc(Cl)c(N)nc1N)[n+]2CC. The second kappa shape index (κ2) is 12.4. The van der Waals surface area contributed by atoms with Gasteiger partial charge in [-0.15, -0.1) is 0 Å². The first-order valence-corrected chi connectivity index (χ1v) is 13.6. The third kappa shape index (κ3) is 6.03. The standard InChI is InChI=1S/C26H34ClN9O4/c1-4-30-20(38)14-40-17-6-7-18-19(12-17)36(16-8-10-34(11-9-16)15(3)37)21(35(18)5-2)13-31-26(39)22-24(28)33-25(29)23(27)32-22/h6-7,12,16H,4-5,8-11,13-14H2,1-3H3,(H5-,28,29,30,31,33,38,39)/p+1. The number of halogens is 1. The van der Waals surface area contributed by atoms with Crippen molar-refractivity contribution in [2.75, 3.05) is 37.7 Å². The van der Waals surface area contributed by atoms with E-state index in [0.717, 1.165) is 29.7 Å². The number of carbonyl (C=O) groups is 3. The highest BCUT2D eigenvalue weighted by Crippen LogP contribution is 2.30. The average Bonchev–Trinajstić information content (AvgIpc) is 3.25. The van der Waals surface area contributed by atoms with Crippen molar-refractivity contribution in [3.63, 3.8) is 0 Å². The van der Waals surface area contributed by atoms with E-state index in [1.807, 2.05) is 36.9 Å². The van der Waals surface area contributed by atoms with Gasteiger partial charge in [0.05, 0.1) is 6.54 Å². The lowest BCUT2D eigenvalue weighted by Crippen LogP contribution is -2.42. The van der Waals surface area contributed by atoms with Gasteiger partial charge in [-0.1, -0.05) is 11.6 Å². The van der Waals surface area contributed by atoms with Crippen LogP contribution < -0.4 is 31.4 Å². The normalized spacial score (nSPS) is 13.8. The quantitative estimate of drug-likeness (QED) is 0.276. The highest BCUT2D eigenvalue weighted by molar-refractivity contribution is 6.31. The number of rotatable bonds is 9. The fraction of sp³-hybridized carbons (Fsp3) is 0.462. The van der Waals surface area contributed by atoms with Crippen LogP contribution in [0.4, 0.5) is 11.6 Å². The van der Waals surface area contributed by atoms with E-state index in [9.17, 15) is 14.4 Å². The number of fused-ring (bicyclic) bond motifs is 1. The van der Waals surface area contributed by atoms with E-state index in [1.165, 1.54) is 0 Å². The van der Waals surface area contributed by atoms with Crippen molar-refractivity contribution in [1.29, 1.82) is 0 Å². The monoisotopic (exact) mass is 572 g/mol. The van der Waals surface area contributed by atoms with E-state index < -0.39 is 5.91 Å². The van der Waals surface area contributed by atoms with Crippen LogP contribution in [0.3, 0.4) is 0 Å². The predicted molar refractivity (Wildman–Crippen MR) is 150 cm³/mol. The van der Waals surface area contributed by atoms with E-state index in [4.69, 9.17) is 27.8 Å². The third-order valence-corrected chi connectivity index (χ3v) is 7.23. The first kappa shape index (κ1) is 28.9. The number of nitrogen functional groups attached to an aromatic ring is 2. The molecule has 4 rings (SSSR count). The van der Waals surface area contributed by atoms with Crippen LogP contribution in [0.1, 0.15) is 56.0 Å². The number of nitrogens with zero attached hydrogens (tertiary/aromatic N) is 5. The third-order valence-electron chi connectivity index (χ3n) is 6.95. The Balaban J connectivity index is 1.70. The molecule has 1 aromatic carbocycles. The molecule has 0 saturated carbocycles. The number of ether oxygens (including phenoxy) is 1. The maximum atomic E-state index is 13.1. The largest absolute Gasteiger partial charge is 0.484 e. The first-order valence-electron chi connectivity index (χ1n) is 13.2. The second-order valence-corrected chi connectivity index (χ2v) is 9.83. The minimum Gasteiger partial charge on any atom is -0.484 e. The van der Waals surface area contributed by atoms with Gasteiger partial charge in [-0.25, -0.2) is 19.1 Å². The molecular formula is C26H35ClN9O4+. The van der Waals surface area contributed by atoms with Gasteiger partial charge < -0.3 is 31.7 Å². The molecule has 1 aliphatic heterocycles. The van der Waals surface area contributed by atoms with Crippen LogP contribution in [-0.4, -0.2) is 63.4 Å². The molecule has 0 unspecified atom stereocenters. The summed E-state index contributed by atoms with van der Waals surface area (Å²) in [4.78, 5) is 46.7. The Bertz CT molecular complexity index is 1430. The van der Waals surface area contributed by atoms with Gasteiger partial charge in [0.25, 0.3) is 17.6 Å². The summed E-state index contributed by atoms with van der Waals surface area (Å²) in [6.07, 6.45) is 1.48. The number of imidazole rings is 1. The zero-order valence-electron chi connectivity index (χ0n) is 22.9. The Morgan fingerprint density at radius 3 is 2.50 bits per heavy atom. The summed E-state index contributed by atoms with van der Waals surface area (Å²) in [5.74, 6) is 0.540. The van der Waals surface area contributed by atoms with Crippen molar-refractivity contribution in [2.24, 2.45) is 0 Å². The number of likely N-dealkylation sites (tertiary alicyclic amines) is 1. The molecule has 3 aromatic rings. The van der Waals surface area contributed by atoms with Gasteiger partial charge in [0.1, 0.15) is 18.3 Å². The fourth-order valence-corrected chi connectivity index (χ4v) is 5.18. The maximum absolute atomic E-state index is 13.1. The van der Waals surface area contributed by atoms with Crippen LogP contribution in [0.15, 0.2) is 18.2 Å². The smallest absolute Gasteiger partial charge is 0.277 e. The Hall–Kier alpha value is -4.13. The highest BCUT2D eigenvalue weighted by Gasteiger charge is 2.33. The molecule has 0 spiro atoms. The Kier molecular flexibility index (Phi) is 8.93. The topological polar surface area (TPSA) is 174 Å². The molecule has 2 aromatic heterocycles. The lowest BCUT2D eigenvalue weighted by Gasteiger charge is -2.30. The van der Waals surface area contributed by atoms with E-state index >= 15 is 0 Å². The number of aromatic nitrogens is 4. The zero-order chi connectivity index (χ0) is 29.0. The lowest BCUT2D eigenvalue weighted by molar-refractivity contribution is -0.676. The van der Waals surface area contributed by atoms with E-state index in [0.29, 0.717) is 31.9 Å². The van der Waals surface area contributed by atoms with Crippen molar-refractivity contribution in [1.82, 2.24) is 30.1 Å². The number of nitrogens with one attached hydrogen (secondary N) is 2. The van der Waals surface area contributed by atoms with Gasteiger partial charge in [-0.3, -0.25) is 14.4 Å². The number of carbonyl (C=O) groups excluding carboxylic acids is 3.